The Kier molecular flexibility index (Phi) is 4.95. The second-order valence-corrected chi connectivity index (χ2v) is 9.59. The molecule has 30 heavy (non-hydrogen) atoms. The fraction of sp³-hybridized carbons (Fsp3) is 0.696. The van der Waals surface area contributed by atoms with E-state index >= 15 is 0 Å². The highest BCUT2D eigenvalue weighted by Gasteiger charge is 2.69. The third kappa shape index (κ3) is 3.10. The number of hydrogen-bond acceptors (Lipinski definition) is 6. The van der Waals surface area contributed by atoms with Crippen molar-refractivity contribution in [2.45, 2.75) is 77.0 Å². The lowest BCUT2D eigenvalue weighted by atomic mass is 9.58. The molecule has 4 saturated heterocycles. The Balaban J connectivity index is 1.37. The average Bonchev–Trinajstić information content (AvgIpc) is 2.96. The van der Waals surface area contributed by atoms with Crippen LogP contribution < -0.4 is 0 Å². The molecule has 7 nitrogen and oxygen atoms in total. The van der Waals surface area contributed by atoms with Crippen LogP contribution in [0.25, 0.3) is 0 Å². The van der Waals surface area contributed by atoms with Crippen molar-refractivity contribution in [2.75, 3.05) is 0 Å². The van der Waals surface area contributed by atoms with Crippen LogP contribution in [0.4, 0.5) is 0 Å². The normalized spacial score (nSPS) is 44.9. The summed E-state index contributed by atoms with van der Waals surface area (Å²) in [6.07, 6.45) is 3.01. The van der Waals surface area contributed by atoms with Crippen molar-refractivity contribution in [3.8, 4) is 0 Å². The van der Waals surface area contributed by atoms with Gasteiger partial charge >= 0.3 is 5.97 Å². The summed E-state index contributed by atoms with van der Waals surface area (Å²) < 4.78 is 18.9. The van der Waals surface area contributed by atoms with E-state index in [4.69, 9.17) is 29.1 Å². The summed E-state index contributed by atoms with van der Waals surface area (Å²) in [5.74, 6) is -0.539. The van der Waals surface area contributed by atoms with Crippen LogP contribution in [0.2, 0.25) is 0 Å². The molecule has 5 fully saturated rings. The third-order valence-electron chi connectivity index (χ3n) is 7.71. The fourth-order valence-electron chi connectivity index (χ4n) is 5.98. The van der Waals surface area contributed by atoms with Crippen LogP contribution in [0, 0.1) is 23.7 Å². The first-order chi connectivity index (χ1) is 14.3. The van der Waals surface area contributed by atoms with Crippen LogP contribution in [0.1, 0.15) is 62.4 Å². The summed E-state index contributed by atoms with van der Waals surface area (Å²) in [6.45, 7) is 6.71. The number of ether oxygens (including phenoxy) is 3. The van der Waals surface area contributed by atoms with Gasteiger partial charge in [-0.3, -0.25) is 0 Å². The monoisotopic (exact) mass is 418 g/mol. The maximum absolute atomic E-state index is 11.0. The smallest absolute Gasteiger partial charge is 0.335 e. The first-order valence-electron chi connectivity index (χ1n) is 11.0. The lowest BCUT2D eigenvalue weighted by Crippen LogP contribution is -2.70. The fourth-order valence-corrected chi connectivity index (χ4v) is 5.98. The summed E-state index contributed by atoms with van der Waals surface area (Å²) in [7, 11) is 0. The molecule has 4 aliphatic heterocycles. The van der Waals surface area contributed by atoms with Crippen molar-refractivity contribution >= 4 is 5.97 Å². The van der Waals surface area contributed by atoms with Gasteiger partial charge in [0.25, 0.3) is 0 Å². The first kappa shape index (κ1) is 20.4. The van der Waals surface area contributed by atoms with Crippen LogP contribution in [0.5, 0.6) is 0 Å². The van der Waals surface area contributed by atoms with E-state index in [0.29, 0.717) is 18.4 Å². The highest BCUT2D eigenvalue weighted by Crippen LogP contribution is 2.60. The summed E-state index contributed by atoms with van der Waals surface area (Å²) in [4.78, 5) is 23.0. The Morgan fingerprint density at radius 2 is 1.90 bits per heavy atom. The molecule has 4 heterocycles. The summed E-state index contributed by atoms with van der Waals surface area (Å²) >= 11 is 0. The van der Waals surface area contributed by atoms with E-state index in [2.05, 4.69) is 13.8 Å². The molecular weight excluding hydrogens is 388 g/mol. The van der Waals surface area contributed by atoms with Crippen molar-refractivity contribution in [1.82, 2.24) is 0 Å². The number of benzene rings is 1. The maximum Gasteiger partial charge on any atom is 0.335 e. The Morgan fingerprint density at radius 3 is 2.63 bits per heavy atom. The number of carbonyl (C=O) groups is 1. The molecule has 1 N–H and O–H groups in total. The van der Waals surface area contributed by atoms with E-state index in [1.54, 1.807) is 24.3 Å². The second kappa shape index (κ2) is 7.28. The van der Waals surface area contributed by atoms with Crippen molar-refractivity contribution in [3.05, 3.63) is 35.4 Å². The quantitative estimate of drug-likeness (QED) is 0.737. The van der Waals surface area contributed by atoms with Gasteiger partial charge in [-0.15, -0.1) is 0 Å². The molecule has 1 aromatic rings. The van der Waals surface area contributed by atoms with E-state index in [-0.39, 0.29) is 17.4 Å². The predicted molar refractivity (Wildman–Crippen MR) is 105 cm³/mol. The minimum atomic E-state index is -0.936. The Hall–Kier alpha value is -1.51. The van der Waals surface area contributed by atoms with Crippen LogP contribution in [-0.2, 0) is 30.6 Å². The summed E-state index contributed by atoms with van der Waals surface area (Å²) in [5.41, 5.74) is 0.579. The van der Waals surface area contributed by atoms with Crippen molar-refractivity contribution < 1.29 is 33.9 Å². The number of fused-ring (bicyclic) bond motifs is 2. The number of carboxylic acids is 1. The Morgan fingerprint density at radius 1 is 1.13 bits per heavy atom. The van der Waals surface area contributed by atoms with Gasteiger partial charge in [-0.05, 0) is 55.7 Å². The SMILES string of the molecule is C[C@@H]1CCC2[C@@H](C)[C@@H](OCc3ccc(C(=O)O)cc3)OC3OC4(C)CCC1[C@]32OO4. The van der Waals surface area contributed by atoms with E-state index < -0.39 is 29.9 Å². The maximum atomic E-state index is 11.0. The molecule has 2 bridgehead atoms. The topological polar surface area (TPSA) is 83.5 Å². The molecule has 8 atom stereocenters. The van der Waals surface area contributed by atoms with Crippen molar-refractivity contribution in [3.63, 3.8) is 0 Å². The third-order valence-corrected chi connectivity index (χ3v) is 7.71. The molecular formula is C23H30O7. The molecule has 1 saturated carbocycles. The molecule has 7 heteroatoms. The van der Waals surface area contributed by atoms with E-state index in [1.807, 2.05) is 6.92 Å². The first-order valence-corrected chi connectivity index (χ1v) is 11.0. The Labute approximate surface area is 176 Å². The second-order valence-electron chi connectivity index (χ2n) is 9.59. The van der Waals surface area contributed by atoms with Crippen LogP contribution in [-0.4, -0.2) is 35.0 Å². The molecule has 4 unspecified atom stereocenters. The standard InChI is InChI=1S/C23H30O7/c1-13-4-9-18-14(2)20(26-12-15-5-7-16(8-6-15)19(24)25)27-21-23(18)17(13)10-11-22(3,28-21)29-30-23/h5-8,13-14,17-18,20-21H,4,9-12H2,1-3H3,(H,24,25)/t13-,14-,17?,18?,20+,21?,22?,23-/m1/s1. The minimum absolute atomic E-state index is 0.115. The van der Waals surface area contributed by atoms with Gasteiger partial charge in [-0.2, -0.15) is 0 Å². The molecule has 1 aromatic carbocycles. The van der Waals surface area contributed by atoms with E-state index in [9.17, 15) is 4.79 Å². The van der Waals surface area contributed by atoms with Crippen molar-refractivity contribution in [1.29, 1.82) is 0 Å². The highest BCUT2D eigenvalue weighted by atomic mass is 17.3. The predicted octanol–water partition coefficient (Wildman–Crippen LogP) is 4.11. The minimum Gasteiger partial charge on any atom is -0.478 e. The molecule has 0 aromatic heterocycles. The molecule has 5 aliphatic rings. The van der Waals surface area contributed by atoms with Crippen LogP contribution in [0.15, 0.2) is 24.3 Å². The molecule has 1 spiro atoms. The molecule has 164 valence electrons. The average molecular weight is 418 g/mol. The van der Waals surface area contributed by atoms with Crippen LogP contribution in [0.3, 0.4) is 0 Å². The lowest BCUT2D eigenvalue weighted by molar-refractivity contribution is -0.577. The number of aromatic carboxylic acids is 1. The largest absolute Gasteiger partial charge is 0.478 e. The summed E-state index contributed by atoms with van der Waals surface area (Å²) in [5, 5.41) is 9.06. The van der Waals surface area contributed by atoms with Gasteiger partial charge in [0.15, 0.2) is 18.2 Å². The molecule has 0 radical (unpaired) electrons. The van der Waals surface area contributed by atoms with Gasteiger partial charge in [0.05, 0.1) is 12.2 Å². The summed E-state index contributed by atoms with van der Waals surface area (Å²) in [6, 6.07) is 6.74. The van der Waals surface area contributed by atoms with E-state index in [0.717, 1.165) is 31.2 Å². The van der Waals surface area contributed by atoms with Gasteiger partial charge < -0.3 is 19.3 Å². The van der Waals surface area contributed by atoms with Crippen molar-refractivity contribution in [2.24, 2.45) is 23.7 Å². The van der Waals surface area contributed by atoms with E-state index in [1.165, 1.54) is 0 Å². The zero-order valence-electron chi connectivity index (χ0n) is 17.7. The number of hydrogen-bond donors (Lipinski definition) is 1. The zero-order valence-corrected chi connectivity index (χ0v) is 17.7. The van der Waals surface area contributed by atoms with Gasteiger partial charge in [-0.1, -0.05) is 26.0 Å². The number of rotatable bonds is 4. The van der Waals surface area contributed by atoms with Gasteiger partial charge in [0, 0.05) is 18.3 Å². The molecule has 1 aliphatic carbocycles. The molecule has 0 amide bonds. The van der Waals surface area contributed by atoms with Gasteiger partial charge in [0.1, 0.15) is 0 Å². The molecule has 6 rings (SSSR count). The van der Waals surface area contributed by atoms with Gasteiger partial charge in [0.2, 0.25) is 5.79 Å². The Bertz CT molecular complexity index is 810. The number of carboxylic acid groups (broad SMARTS) is 1. The van der Waals surface area contributed by atoms with Crippen LogP contribution >= 0.6 is 0 Å². The highest BCUT2D eigenvalue weighted by molar-refractivity contribution is 5.87. The lowest BCUT2D eigenvalue weighted by Gasteiger charge is -2.60. The zero-order chi connectivity index (χ0) is 21.1. The van der Waals surface area contributed by atoms with Gasteiger partial charge in [-0.25, -0.2) is 14.6 Å².